The zero-order valence-corrected chi connectivity index (χ0v) is 14.7. The molecule has 0 aliphatic rings. The minimum absolute atomic E-state index is 0.176. The Labute approximate surface area is 129 Å². The van der Waals surface area contributed by atoms with Crippen LogP contribution in [0.4, 0.5) is 0 Å². The number of rotatable bonds is 8. The fraction of sp³-hybridized carbons (Fsp3) is 0.667. The lowest BCUT2D eigenvalue weighted by atomic mass is 10.4. The Morgan fingerprint density at radius 2 is 1.95 bits per heavy atom. The molecule has 0 aromatic carbocycles. The fourth-order valence-electron chi connectivity index (χ4n) is 1.73. The molecule has 0 saturated heterocycles. The minimum atomic E-state index is -3.52. The van der Waals surface area contributed by atoms with Crippen LogP contribution in [0.15, 0.2) is 20.0 Å². The standard InChI is InChI=1S/C12H22BrN3O3S/c1-14-9-10-8-11(12(13)19-10)20(17,18)16(4)7-5-6-15(2)3/h8,14H,5-7,9H2,1-4H3. The van der Waals surface area contributed by atoms with Crippen molar-refractivity contribution in [1.82, 2.24) is 14.5 Å². The second-order valence-corrected chi connectivity index (χ2v) is 7.60. The quantitative estimate of drug-likeness (QED) is 0.750. The van der Waals surface area contributed by atoms with Crippen molar-refractivity contribution in [2.24, 2.45) is 0 Å². The molecule has 8 heteroatoms. The van der Waals surface area contributed by atoms with Crippen molar-refractivity contribution < 1.29 is 12.8 Å². The first-order valence-corrected chi connectivity index (χ1v) is 8.56. The molecule has 0 fully saturated rings. The number of hydrogen-bond donors (Lipinski definition) is 1. The summed E-state index contributed by atoms with van der Waals surface area (Å²) < 4.78 is 31.9. The minimum Gasteiger partial charge on any atom is -0.452 e. The van der Waals surface area contributed by atoms with Gasteiger partial charge in [0.25, 0.3) is 0 Å². The Balaban J connectivity index is 2.81. The van der Waals surface area contributed by atoms with Gasteiger partial charge >= 0.3 is 0 Å². The Hall–Kier alpha value is -0.410. The van der Waals surface area contributed by atoms with Gasteiger partial charge in [0.2, 0.25) is 10.0 Å². The van der Waals surface area contributed by atoms with Gasteiger partial charge in [0, 0.05) is 19.7 Å². The van der Waals surface area contributed by atoms with E-state index in [2.05, 4.69) is 21.2 Å². The van der Waals surface area contributed by atoms with Crippen molar-refractivity contribution in [1.29, 1.82) is 0 Å². The van der Waals surface area contributed by atoms with Gasteiger partial charge in [-0.2, -0.15) is 0 Å². The number of nitrogens with zero attached hydrogens (tertiary/aromatic N) is 2. The van der Waals surface area contributed by atoms with Gasteiger partial charge in [-0.3, -0.25) is 0 Å². The third-order valence-electron chi connectivity index (χ3n) is 2.82. The maximum Gasteiger partial charge on any atom is 0.247 e. The van der Waals surface area contributed by atoms with E-state index in [9.17, 15) is 8.42 Å². The molecule has 1 aromatic heterocycles. The fourth-order valence-corrected chi connectivity index (χ4v) is 3.90. The third kappa shape index (κ3) is 4.56. The molecule has 1 aromatic rings. The Kier molecular flexibility index (Phi) is 6.67. The lowest BCUT2D eigenvalue weighted by Gasteiger charge is -2.17. The van der Waals surface area contributed by atoms with E-state index in [1.807, 2.05) is 19.0 Å². The molecule has 1 rings (SSSR count). The van der Waals surface area contributed by atoms with Gasteiger partial charge in [-0.1, -0.05) is 0 Å². The van der Waals surface area contributed by atoms with Crippen LogP contribution in [-0.2, 0) is 16.6 Å². The van der Waals surface area contributed by atoms with E-state index in [0.717, 1.165) is 13.0 Å². The van der Waals surface area contributed by atoms with E-state index in [1.54, 1.807) is 20.2 Å². The van der Waals surface area contributed by atoms with E-state index in [-0.39, 0.29) is 9.56 Å². The van der Waals surface area contributed by atoms with Crippen LogP contribution < -0.4 is 5.32 Å². The lowest BCUT2D eigenvalue weighted by molar-refractivity contribution is 0.370. The van der Waals surface area contributed by atoms with Crippen LogP contribution in [0.3, 0.4) is 0 Å². The van der Waals surface area contributed by atoms with Gasteiger partial charge in [-0.05, 0) is 50.0 Å². The van der Waals surface area contributed by atoms with Crippen molar-refractivity contribution in [2.45, 2.75) is 17.9 Å². The van der Waals surface area contributed by atoms with Crippen LogP contribution in [0.2, 0.25) is 0 Å². The van der Waals surface area contributed by atoms with Crippen LogP contribution >= 0.6 is 15.9 Å². The Morgan fingerprint density at radius 1 is 1.30 bits per heavy atom. The third-order valence-corrected chi connectivity index (χ3v) is 5.54. The number of hydrogen-bond acceptors (Lipinski definition) is 5. The maximum absolute atomic E-state index is 12.4. The molecule has 1 N–H and O–H groups in total. The summed E-state index contributed by atoms with van der Waals surface area (Å²) in [5.41, 5.74) is 0. The van der Waals surface area contributed by atoms with Crippen molar-refractivity contribution in [3.8, 4) is 0 Å². The van der Waals surface area contributed by atoms with Crippen LogP contribution in [0.1, 0.15) is 12.2 Å². The second-order valence-electron chi connectivity index (χ2n) is 4.86. The van der Waals surface area contributed by atoms with Gasteiger partial charge in [0.1, 0.15) is 10.7 Å². The maximum atomic E-state index is 12.4. The van der Waals surface area contributed by atoms with Gasteiger partial charge in [-0.25, -0.2) is 12.7 Å². The average Bonchev–Trinajstić information content (AvgIpc) is 2.70. The summed E-state index contributed by atoms with van der Waals surface area (Å²) in [5.74, 6) is 0.583. The topological polar surface area (TPSA) is 65.8 Å². The monoisotopic (exact) mass is 367 g/mol. The van der Waals surface area contributed by atoms with Crippen LogP contribution in [0, 0.1) is 0 Å². The first-order chi connectivity index (χ1) is 9.28. The molecule has 1 heterocycles. The smallest absolute Gasteiger partial charge is 0.247 e. The molecule has 0 aliphatic heterocycles. The van der Waals surface area contributed by atoms with Crippen LogP contribution in [0.5, 0.6) is 0 Å². The molecule has 0 spiro atoms. The molecule has 116 valence electrons. The van der Waals surface area contributed by atoms with Gasteiger partial charge < -0.3 is 14.6 Å². The highest BCUT2D eigenvalue weighted by Gasteiger charge is 2.26. The first kappa shape index (κ1) is 17.6. The summed E-state index contributed by atoms with van der Waals surface area (Å²) in [4.78, 5) is 2.20. The molecule has 0 amide bonds. The highest BCUT2D eigenvalue weighted by molar-refractivity contribution is 9.10. The number of nitrogens with one attached hydrogen (secondary N) is 1. The predicted octanol–water partition coefficient (Wildman–Crippen LogP) is 1.33. The number of sulfonamides is 1. The average molecular weight is 368 g/mol. The van der Waals surface area contributed by atoms with Gasteiger partial charge in [0.05, 0.1) is 6.54 Å². The molecule has 0 unspecified atom stereocenters. The molecule has 20 heavy (non-hydrogen) atoms. The summed E-state index contributed by atoms with van der Waals surface area (Å²) >= 11 is 3.17. The number of furan rings is 1. The van der Waals surface area contributed by atoms with E-state index in [4.69, 9.17) is 4.42 Å². The number of halogens is 1. The molecule has 0 bridgehead atoms. The van der Waals surface area contributed by atoms with Crippen molar-refractivity contribution in [3.05, 3.63) is 16.5 Å². The van der Waals surface area contributed by atoms with E-state index < -0.39 is 10.0 Å². The first-order valence-electron chi connectivity index (χ1n) is 6.33. The zero-order chi connectivity index (χ0) is 15.3. The van der Waals surface area contributed by atoms with E-state index >= 15 is 0 Å². The van der Waals surface area contributed by atoms with E-state index in [1.165, 1.54) is 4.31 Å². The Bertz CT molecular complexity index is 528. The SMILES string of the molecule is CNCc1cc(S(=O)(=O)N(C)CCCN(C)C)c(Br)o1. The second kappa shape index (κ2) is 7.56. The summed E-state index contributed by atoms with van der Waals surface area (Å²) in [7, 11) is 3.77. The zero-order valence-electron chi connectivity index (χ0n) is 12.3. The normalized spacial score (nSPS) is 12.6. The van der Waals surface area contributed by atoms with Gasteiger partial charge in [0.15, 0.2) is 4.67 Å². The molecule has 6 nitrogen and oxygen atoms in total. The molecule has 0 aliphatic carbocycles. The van der Waals surface area contributed by atoms with Crippen LogP contribution in [-0.4, -0.2) is 58.9 Å². The van der Waals surface area contributed by atoms with Crippen LogP contribution in [0.25, 0.3) is 0 Å². The highest BCUT2D eigenvalue weighted by atomic mass is 79.9. The van der Waals surface area contributed by atoms with Crippen molar-refractivity contribution in [2.75, 3.05) is 41.3 Å². The largest absolute Gasteiger partial charge is 0.452 e. The summed E-state index contributed by atoms with van der Waals surface area (Å²) in [6, 6.07) is 1.55. The molecular formula is C12H22BrN3O3S. The summed E-state index contributed by atoms with van der Waals surface area (Å²) in [5, 5.41) is 2.92. The van der Waals surface area contributed by atoms with Crippen molar-refractivity contribution in [3.63, 3.8) is 0 Å². The summed E-state index contributed by atoms with van der Waals surface area (Å²) in [6.45, 7) is 1.80. The molecule has 0 atom stereocenters. The molecule has 0 radical (unpaired) electrons. The van der Waals surface area contributed by atoms with E-state index in [0.29, 0.717) is 18.8 Å². The Morgan fingerprint density at radius 3 is 2.50 bits per heavy atom. The van der Waals surface area contributed by atoms with Crippen molar-refractivity contribution >= 4 is 26.0 Å². The highest BCUT2D eigenvalue weighted by Crippen LogP contribution is 2.28. The summed E-state index contributed by atoms with van der Waals surface area (Å²) in [6.07, 6.45) is 0.779. The molecule has 0 saturated carbocycles. The van der Waals surface area contributed by atoms with Gasteiger partial charge in [-0.15, -0.1) is 0 Å². The molecular weight excluding hydrogens is 346 g/mol. The lowest BCUT2D eigenvalue weighted by Crippen LogP contribution is -2.29. The predicted molar refractivity (Wildman–Crippen MR) is 82.2 cm³/mol.